The monoisotopic (exact) mass is 472 g/mol. The highest BCUT2D eigenvalue weighted by Gasteiger charge is 2.23. The van der Waals surface area contributed by atoms with Crippen LogP contribution < -0.4 is 10.5 Å². The number of carbonyl (C=O) groups excluding carboxylic acids is 2. The van der Waals surface area contributed by atoms with Gasteiger partial charge in [0.15, 0.2) is 0 Å². The highest BCUT2D eigenvalue weighted by Crippen LogP contribution is 2.34. The minimum Gasteiger partial charge on any atom is -0.487 e. The summed E-state index contributed by atoms with van der Waals surface area (Å²) in [6, 6.07) is 11.6. The van der Waals surface area contributed by atoms with Crippen molar-refractivity contribution in [1.82, 2.24) is 4.57 Å². The van der Waals surface area contributed by atoms with Crippen LogP contribution in [-0.4, -0.2) is 28.7 Å². The van der Waals surface area contributed by atoms with Crippen molar-refractivity contribution in [2.45, 2.75) is 45.9 Å². The number of nitrogens with two attached hydrogens (primary N) is 1. The SMILES string of the molecule is CCOC(=O)c1cc2c(Cl)ccc(OCc3ccc(C(N)C(=O)OC(C)(C)C)cc3)c2n1C. The van der Waals surface area contributed by atoms with Gasteiger partial charge in [-0.1, -0.05) is 35.9 Å². The molecule has 0 saturated heterocycles. The van der Waals surface area contributed by atoms with Gasteiger partial charge in [0.1, 0.15) is 29.7 Å². The lowest BCUT2D eigenvalue weighted by Gasteiger charge is -2.22. The van der Waals surface area contributed by atoms with Crippen molar-refractivity contribution >= 4 is 34.4 Å². The van der Waals surface area contributed by atoms with Crippen molar-refractivity contribution < 1.29 is 23.8 Å². The summed E-state index contributed by atoms with van der Waals surface area (Å²) < 4.78 is 18.3. The molecule has 1 atom stereocenters. The van der Waals surface area contributed by atoms with Crippen molar-refractivity contribution in [3.63, 3.8) is 0 Å². The Morgan fingerprint density at radius 1 is 1.12 bits per heavy atom. The molecule has 0 aliphatic heterocycles. The molecule has 1 unspecified atom stereocenters. The summed E-state index contributed by atoms with van der Waals surface area (Å²) in [5.41, 5.74) is 8.08. The zero-order valence-corrected chi connectivity index (χ0v) is 20.2. The van der Waals surface area contributed by atoms with E-state index in [-0.39, 0.29) is 13.2 Å². The minimum atomic E-state index is -0.861. The number of benzene rings is 2. The van der Waals surface area contributed by atoms with E-state index in [2.05, 4.69) is 0 Å². The molecular formula is C25H29ClN2O5. The molecule has 1 aromatic heterocycles. The molecule has 0 saturated carbocycles. The number of ether oxygens (including phenoxy) is 3. The maximum Gasteiger partial charge on any atom is 0.354 e. The van der Waals surface area contributed by atoms with Crippen LogP contribution in [-0.2, 0) is 27.9 Å². The van der Waals surface area contributed by atoms with Gasteiger partial charge in [0.2, 0.25) is 0 Å². The molecule has 176 valence electrons. The second kappa shape index (κ2) is 9.85. The lowest BCUT2D eigenvalue weighted by molar-refractivity contribution is -0.156. The number of fused-ring (bicyclic) bond motifs is 1. The van der Waals surface area contributed by atoms with Gasteiger partial charge in [-0.2, -0.15) is 0 Å². The second-order valence-electron chi connectivity index (χ2n) is 8.66. The van der Waals surface area contributed by atoms with E-state index in [0.717, 1.165) is 5.56 Å². The molecule has 0 bridgehead atoms. The number of rotatable bonds is 7. The number of hydrogen-bond acceptors (Lipinski definition) is 6. The molecule has 0 spiro atoms. The average Bonchev–Trinajstić information content (AvgIpc) is 3.11. The van der Waals surface area contributed by atoms with Gasteiger partial charge >= 0.3 is 11.9 Å². The summed E-state index contributed by atoms with van der Waals surface area (Å²) in [6.07, 6.45) is 0. The number of carbonyl (C=O) groups is 2. The molecular weight excluding hydrogens is 444 g/mol. The zero-order chi connectivity index (χ0) is 24.3. The Hall–Kier alpha value is -3.03. The molecule has 1 heterocycles. The lowest BCUT2D eigenvalue weighted by atomic mass is 10.1. The van der Waals surface area contributed by atoms with E-state index >= 15 is 0 Å². The summed E-state index contributed by atoms with van der Waals surface area (Å²) in [4.78, 5) is 24.5. The van der Waals surface area contributed by atoms with Crippen LogP contribution >= 0.6 is 11.6 Å². The van der Waals surface area contributed by atoms with Crippen LogP contribution in [0.4, 0.5) is 0 Å². The molecule has 0 fully saturated rings. The Balaban J connectivity index is 1.77. The molecule has 8 heteroatoms. The van der Waals surface area contributed by atoms with Gasteiger partial charge in [0, 0.05) is 12.4 Å². The standard InChI is InChI=1S/C25H29ClN2O5/c1-6-31-23(29)19-13-17-18(26)11-12-20(22(17)28(19)5)32-14-15-7-9-16(10-8-15)21(27)24(30)33-25(2,3)4/h7-13,21H,6,14,27H2,1-5H3. The predicted octanol–water partition coefficient (Wildman–Crippen LogP) is 4.93. The minimum absolute atomic E-state index is 0.276. The lowest BCUT2D eigenvalue weighted by Crippen LogP contribution is -2.31. The first-order valence-corrected chi connectivity index (χ1v) is 11.0. The van der Waals surface area contributed by atoms with Crippen molar-refractivity contribution in [1.29, 1.82) is 0 Å². The topological polar surface area (TPSA) is 92.8 Å². The van der Waals surface area contributed by atoms with E-state index in [1.165, 1.54) is 0 Å². The molecule has 0 amide bonds. The van der Waals surface area contributed by atoms with E-state index in [9.17, 15) is 9.59 Å². The van der Waals surface area contributed by atoms with E-state index in [0.29, 0.717) is 32.9 Å². The number of esters is 2. The third-order valence-corrected chi connectivity index (χ3v) is 5.31. The van der Waals surface area contributed by atoms with Gasteiger partial charge in [-0.25, -0.2) is 9.59 Å². The van der Waals surface area contributed by atoms with Gasteiger partial charge in [-0.15, -0.1) is 0 Å². The molecule has 0 aliphatic carbocycles. The quantitative estimate of drug-likeness (QED) is 0.490. The van der Waals surface area contributed by atoms with Crippen LogP contribution in [0.1, 0.15) is 55.4 Å². The van der Waals surface area contributed by atoms with E-state index < -0.39 is 23.6 Å². The number of aromatic nitrogens is 1. The Morgan fingerprint density at radius 2 is 1.79 bits per heavy atom. The van der Waals surface area contributed by atoms with E-state index in [4.69, 9.17) is 31.5 Å². The van der Waals surface area contributed by atoms with Gasteiger partial charge in [-0.05, 0) is 57.0 Å². The van der Waals surface area contributed by atoms with Gasteiger partial charge in [-0.3, -0.25) is 0 Å². The molecule has 2 N–H and O–H groups in total. The van der Waals surface area contributed by atoms with Crippen LogP contribution in [0, 0.1) is 0 Å². The molecule has 3 rings (SSSR count). The summed E-state index contributed by atoms with van der Waals surface area (Å²) in [5.74, 6) is -0.312. The third-order valence-electron chi connectivity index (χ3n) is 4.98. The van der Waals surface area contributed by atoms with E-state index in [1.807, 2.05) is 12.1 Å². The zero-order valence-electron chi connectivity index (χ0n) is 19.5. The van der Waals surface area contributed by atoms with Crippen molar-refractivity contribution in [3.05, 3.63) is 64.3 Å². The Bertz CT molecular complexity index is 1160. The fraction of sp³-hybridized carbons (Fsp3) is 0.360. The average molecular weight is 473 g/mol. The summed E-state index contributed by atoms with van der Waals surface area (Å²) in [7, 11) is 1.77. The molecule has 3 aromatic rings. The first kappa shape index (κ1) is 24.6. The van der Waals surface area contributed by atoms with Crippen LogP contribution in [0.3, 0.4) is 0 Å². The Morgan fingerprint density at radius 3 is 2.39 bits per heavy atom. The van der Waals surface area contributed by atoms with Gasteiger partial charge < -0.3 is 24.5 Å². The number of halogens is 1. The Labute approximate surface area is 198 Å². The first-order valence-electron chi connectivity index (χ1n) is 10.7. The fourth-order valence-electron chi connectivity index (χ4n) is 3.40. The van der Waals surface area contributed by atoms with Crippen molar-refractivity contribution in [3.8, 4) is 5.75 Å². The summed E-state index contributed by atoms with van der Waals surface area (Å²) in [5, 5.41) is 1.22. The van der Waals surface area contributed by atoms with Crippen molar-refractivity contribution in [2.24, 2.45) is 12.8 Å². The van der Waals surface area contributed by atoms with Crippen molar-refractivity contribution in [2.75, 3.05) is 6.61 Å². The summed E-state index contributed by atoms with van der Waals surface area (Å²) >= 11 is 6.36. The maximum atomic E-state index is 12.3. The predicted molar refractivity (Wildman–Crippen MR) is 127 cm³/mol. The third kappa shape index (κ3) is 5.67. The normalized spacial score (nSPS) is 12.5. The smallest absolute Gasteiger partial charge is 0.354 e. The number of aryl methyl sites for hydroxylation is 1. The maximum absolute atomic E-state index is 12.3. The molecule has 33 heavy (non-hydrogen) atoms. The van der Waals surface area contributed by atoms with Gasteiger partial charge in [0.25, 0.3) is 0 Å². The van der Waals surface area contributed by atoms with Crippen LogP contribution in [0.15, 0.2) is 42.5 Å². The largest absolute Gasteiger partial charge is 0.487 e. The van der Waals surface area contributed by atoms with Gasteiger partial charge in [0.05, 0.1) is 17.1 Å². The highest BCUT2D eigenvalue weighted by molar-refractivity contribution is 6.35. The number of nitrogens with zero attached hydrogens (tertiary/aromatic N) is 1. The summed E-state index contributed by atoms with van der Waals surface area (Å²) in [6.45, 7) is 7.72. The highest BCUT2D eigenvalue weighted by atomic mass is 35.5. The number of hydrogen-bond donors (Lipinski definition) is 1. The molecule has 0 radical (unpaired) electrons. The first-order chi connectivity index (χ1) is 15.5. The molecule has 0 aliphatic rings. The Kier molecular flexibility index (Phi) is 7.34. The van der Waals surface area contributed by atoms with Crippen LogP contribution in [0.5, 0.6) is 5.75 Å². The molecule has 2 aromatic carbocycles. The fourth-order valence-corrected chi connectivity index (χ4v) is 3.61. The second-order valence-corrected chi connectivity index (χ2v) is 9.07. The van der Waals surface area contributed by atoms with Crippen LogP contribution in [0.2, 0.25) is 5.02 Å². The molecule has 7 nitrogen and oxygen atoms in total. The van der Waals surface area contributed by atoms with E-state index in [1.54, 1.807) is 69.6 Å². The van der Waals surface area contributed by atoms with Crippen LogP contribution in [0.25, 0.3) is 10.9 Å².